The number of aromatic hydroxyl groups is 1. The zero-order valence-electron chi connectivity index (χ0n) is 12.3. The van der Waals surface area contributed by atoms with Crippen LogP contribution >= 0.6 is 0 Å². The molecule has 1 saturated carbocycles. The average Bonchev–Trinajstić information content (AvgIpc) is 2.84. The van der Waals surface area contributed by atoms with Crippen molar-refractivity contribution in [1.29, 1.82) is 0 Å². The van der Waals surface area contributed by atoms with Crippen molar-refractivity contribution in [3.8, 4) is 5.75 Å². The highest BCUT2D eigenvalue weighted by Crippen LogP contribution is 2.33. The highest BCUT2D eigenvalue weighted by atomic mass is 16.3. The smallest absolute Gasteiger partial charge is 0.155 e. The van der Waals surface area contributed by atoms with Gasteiger partial charge in [0.1, 0.15) is 0 Å². The van der Waals surface area contributed by atoms with Crippen LogP contribution in [0.4, 0.5) is 0 Å². The van der Waals surface area contributed by atoms with E-state index in [1.165, 1.54) is 44.5 Å². The summed E-state index contributed by atoms with van der Waals surface area (Å²) in [6.07, 6.45) is 13.1. The monoisotopic (exact) mass is 275 g/mol. The highest BCUT2D eigenvalue weighted by molar-refractivity contribution is 5.40. The molecule has 2 unspecified atom stereocenters. The number of aryl methyl sites for hydroxylation is 1. The number of nitrogens with zero attached hydrogens (tertiary/aromatic N) is 2. The van der Waals surface area contributed by atoms with Gasteiger partial charge in [-0.3, -0.25) is 0 Å². The molecule has 0 radical (unpaired) electrons. The van der Waals surface area contributed by atoms with Gasteiger partial charge in [-0.1, -0.05) is 32.6 Å². The molecule has 20 heavy (non-hydrogen) atoms. The third-order valence-electron chi connectivity index (χ3n) is 4.19. The molecular weight excluding hydrogens is 250 g/mol. The highest BCUT2D eigenvalue weighted by Gasteiger charge is 2.20. The Labute approximate surface area is 121 Å². The molecule has 0 spiro atoms. The predicted octanol–water partition coefficient (Wildman–Crippen LogP) is 3.26. The lowest BCUT2D eigenvalue weighted by atomic mass is 9.98. The lowest BCUT2D eigenvalue weighted by Crippen LogP contribution is -1.99. The van der Waals surface area contributed by atoms with Crippen molar-refractivity contribution < 1.29 is 5.11 Å². The Balaban J connectivity index is 1.77. The lowest BCUT2D eigenvalue weighted by Gasteiger charge is -2.09. The Morgan fingerprint density at radius 2 is 2.25 bits per heavy atom. The number of hydrogen-bond acceptors (Lipinski definition) is 4. The molecule has 2 rings (SSSR count). The predicted molar refractivity (Wildman–Crippen MR) is 81.0 cm³/mol. The van der Waals surface area contributed by atoms with Gasteiger partial charge in [0, 0.05) is 0 Å². The summed E-state index contributed by atoms with van der Waals surface area (Å²) in [6.45, 7) is 2.35. The minimum atomic E-state index is 0.189. The van der Waals surface area contributed by atoms with Gasteiger partial charge in [-0.2, -0.15) is 0 Å². The largest absolute Gasteiger partial charge is 0.504 e. The summed E-state index contributed by atoms with van der Waals surface area (Å²) in [5.41, 5.74) is 6.06. The minimum Gasteiger partial charge on any atom is -0.504 e. The zero-order valence-corrected chi connectivity index (χ0v) is 12.3. The topological polar surface area (TPSA) is 72.0 Å². The Morgan fingerprint density at radius 1 is 1.40 bits per heavy atom. The molecule has 1 fully saturated rings. The molecule has 1 aromatic heterocycles. The number of rotatable bonds is 6. The van der Waals surface area contributed by atoms with Gasteiger partial charge in [0.05, 0.1) is 11.9 Å². The van der Waals surface area contributed by atoms with Crippen molar-refractivity contribution in [1.82, 2.24) is 9.97 Å². The fourth-order valence-corrected chi connectivity index (χ4v) is 3.09. The zero-order chi connectivity index (χ0) is 14.4. The molecule has 1 aliphatic carbocycles. The first-order chi connectivity index (χ1) is 9.69. The summed E-state index contributed by atoms with van der Waals surface area (Å²) in [6, 6.07) is 0. The SMILES string of the molecule is CC1CCC(CCCCc2nc(C=CN)ncc2O)C1. The number of aromatic nitrogens is 2. The molecule has 3 N–H and O–H groups in total. The third kappa shape index (κ3) is 4.22. The number of unbranched alkanes of at least 4 members (excludes halogenated alkanes) is 1. The summed E-state index contributed by atoms with van der Waals surface area (Å²) in [5.74, 6) is 2.58. The van der Waals surface area contributed by atoms with E-state index in [0.29, 0.717) is 5.82 Å². The van der Waals surface area contributed by atoms with Crippen LogP contribution in [0.25, 0.3) is 6.08 Å². The standard InChI is InChI=1S/C16H25N3O/c1-12-6-7-13(10-12)4-2-3-5-14-15(20)11-18-16(19-14)8-9-17/h8-9,11-13,20H,2-7,10,17H2,1H3. The lowest BCUT2D eigenvalue weighted by molar-refractivity contribution is 0.444. The first-order valence-corrected chi connectivity index (χ1v) is 7.62. The van der Waals surface area contributed by atoms with E-state index >= 15 is 0 Å². The van der Waals surface area contributed by atoms with Crippen LogP contribution in [0.3, 0.4) is 0 Å². The maximum absolute atomic E-state index is 9.77. The summed E-state index contributed by atoms with van der Waals surface area (Å²) in [5, 5.41) is 9.77. The van der Waals surface area contributed by atoms with Gasteiger partial charge in [0.2, 0.25) is 0 Å². The molecule has 0 bridgehead atoms. The molecule has 0 amide bonds. The van der Waals surface area contributed by atoms with Crippen molar-refractivity contribution >= 4 is 6.08 Å². The Kier molecular flexibility index (Phi) is 5.39. The van der Waals surface area contributed by atoms with E-state index in [0.717, 1.165) is 30.4 Å². The van der Waals surface area contributed by atoms with Crippen LogP contribution in [-0.4, -0.2) is 15.1 Å². The van der Waals surface area contributed by atoms with Crippen molar-refractivity contribution in [2.75, 3.05) is 0 Å². The Morgan fingerprint density at radius 3 is 2.95 bits per heavy atom. The van der Waals surface area contributed by atoms with Gasteiger partial charge in [-0.05, 0) is 43.4 Å². The van der Waals surface area contributed by atoms with Crippen LogP contribution in [0.5, 0.6) is 5.75 Å². The van der Waals surface area contributed by atoms with Gasteiger partial charge in [-0.15, -0.1) is 0 Å². The fourth-order valence-electron chi connectivity index (χ4n) is 3.09. The molecular formula is C16H25N3O. The van der Waals surface area contributed by atoms with Crippen LogP contribution in [-0.2, 0) is 6.42 Å². The molecule has 4 nitrogen and oxygen atoms in total. The second kappa shape index (κ2) is 7.27. The van der Waals surface area contributed by atoms with E-state index in [1.54, 1.807) is 6.08 Å². The van der Waals surface area contributed by atoms with Crippen molar-refractivity contribution in [2.24, 2.45) is 17.6 Å². The van der Waals surface area contributed by atoms with Gasteiger partial charge in [-0.25, -0.2) is 9.97 Å². The quantitative estimate of drug-likeness (QED) is 0.782. The molecule has 1 aromatic rings. The fraction of sp³-hybridized carbons (Fsp3) is 0.625. The molecule has 1 heterocycles. The van der Waals surface area contributed by atoms with Crippen LogP contribution in [0.15, 0.2) is 12.4 Å². The summed E-state index contributed by atoms with van der Waals surface area (Å²) in [7, 11) is 0. The van der Waals surface area contributed by atoms with E-state index in [1.807, 2.05) is 0 Å². The second-order valence-corrected chi connectivity index (χ2v) is 5.95. The molecule has 1 aliphatic rings. The first-order valence-electron chi connectivity index (χ1n) is 7.62. The number of hydrogen-bond donors (Lipinski definition) is 2. The minimum absolute atomic E-state index is 0.189. The summed E-state index contributed by atoms with van der Waals surface area (Å²) in [4.78, 5) is 8.32. The van der Waals surface area contributed by atoms with E-state index in [2.05, 4.69) is 16.9 Å². The average molecular weight is 275 g/mol. The van der Waals surface area contributed by atoms with E-state index in [4.69, 9.17) is 5.73 Å². The molecule has 0 saturated heterocycles. The second-order valence-electron chi connectivity index (χ2n) is 5.95. The maximum atomic E-state index is 9.77. The van der Waals surface area contributed by atoms with Crippen LogP contribution in [0.1, 0.15) is 57.0 Å². The molecule has 4 heteroatoms. The van der Waals surface area contributed by atoms with E-state index < -0.39 is 0 Å². The molecule has 2 atom stereocenters. The van der Waals surface area contributed by atoms with Crippen LogP contribution in [0.2, 0.25) is 0 Å². The van der Waals surface area contributed by atoms with Gasteiger partial charge < -0.3 is 10.8 Å². The van der Waals surface area contributed by atoms with E-state index in [-0.39, 0.29) is 5.75 Å². The number of nitrogens with two attached hydrogens (primary N) is 1. The third-order valence-corrected chi connectivity index (χ3v) is 4.19. The van der Waals surface area contributed by atoms with Crippen molar-refractivity contribution in [3.05, 3.63) is 23.9 Å². The van der Waals surface area contributed by atoms with Gasteiger partial charge >= 0.3 is 0 Å². The van der Waals surface area contributed by atoms with Gasteiger partial charge in [0.25, 0.3) is 0 Å². The first kappa shape index (κ1) is 14.8. The van der Waals surface area contributed by atoms with Crippen molar-refractivity contribution in [3.63, 3.8) is 0 Å². The summed E-state index contributed by atoms with van der Waals surface area (Å²) < 4.78 is 0. The van der Waals surface area contributed by atoms with Crippen LogP contribution in [0, 0.1) is 11.8 Å². The van der Waals surface area contributed by atoms with Gasteiger partial charge in [0.15, 0.2) is 11.6 Å². The maximum Gasteiger partial charge on any atom is 0.155 e. The molecule has 110 valence electrons. The molecule has 0 aromatic carbocycles. The Hall–Kier alpha value is -1.58. The normalized spacial score (nSPS) is 22.6. The van der Waals surface area contributed by atoms with E-state index in [9.17, 15) is 5.11 Å². The summed E-state index contributed by atoms with van der Waals surface area (Å²) >= 11 is 0. The van der Waals surface area contributed by atoms with Crippen LogP contribution < -0.4 is 5.73 Å². The molecule has 0 aliphatic heterocycles. The van der Waals surface area contributed by atoms with Crippen molar-refractivity contribution in [2.45, 2.75) is 51.9 Å². The Bertz CT molecular complexity index is 459.